The van der Waals surface area contributed by atoms with Crippen molar-refractivity contribution in [3.8, 4) is 0 Å². The van der Waals surface area contributed by atoms with Gasteiger partial charge in [0.05, 0.1) is 11.4 Å². The first kappa shape index (κ1) is 11.4. The second-order valence-electron chi connectivity index (χ2n) is 3.49. The van der Waals surface area contributed by atoms with Gasteiger partial charge in [0.15, 0.2) is 0 Å². The maximum atomic E-state index is 11.6. The fourth-order valence-corrected chi connectivity index (χ4v) is 1.67. The second-order valence-corrected chi connectivity index (χ2v) is 4.02. The summed E-state index contributed by atoms with van der Waals surface area (Å²) in [5.74, 6) is 0.00407. The normalized spacial score (nSPS) is 17.8. The predicted molar refractivity (Wildman–Crippen MR) is 58.0 cm³/mol. The molecule has 4 nitrogen and oxygen atoms in total. The lowest BCUT2D eigenvalue weighted by Gasteiger charge is -2.31. The summed E-state index contributed by atoms with van der Waals surface area (Å²) in [6.07, 6.45) is 1.97. The number of hydrogen-bond acceptors (Lipinski definition) is 3. The van der Waals surface area contributed by atoms with Gasteiger partial charge in [-0.1, -0.05) is 12.2 Å². The van der Waals surface area contributed by atoms with Crippen molar-refractivity contribution >= 4 is 23.1 Å². The summed E-state index contributed by atoms with van der Waals surface area (Å²) in [5, 5.41) is 0. The van der Waals surface area contributed by atoms with Gasteiger partial charge < -0.3 is 15.4 Å². The number of nitrogens with two attached hydrogens (primary N) is 1. The van der Waals surface area contributed by atoms with Crippen LogP contribution in [0.4, 0.5) is 0 Å². The molecule has 1 amide bonds. The fraction of sp³-hybridized carbons (Fsp3) is 0.778. The summed E-state index contributed by atoms with van der Waals surface area (Å²) in [4.78, 5) is 13.6. The Morgan fingerprint density at radius 1 is 1.57 bits per heavy atom. The number of nitrogens with zero attached hydrogens (tertiary/aromatic N) is 1. The number of carbonyl (C=O) groups excluding carboxylic acids is 1. The number of carbonyl (C=O) groups is 1. The third-order valence-electron chi connectivity index (χ3n) is 2.46. The van der Waals surface area contributed by atoms with Crippen molar-refractivity contribution in [3.05, 3.63) is 0 Å². The standard InChI is InChI=1S/C9H16N2O2S/c1-11(9(12)6-8(10)14)7-2-4-13-5-3-7/h7H,2-6H2,1H3,(H2,10,14). The van der Waals surface area contributed by atoms with Gasteiger partial charge in [-0.3, -0.25) is 4.79 Å². The molecule has 0 bridgehead atoms. The minimum atomic E-state index is 0.00407. The molecule has 0 atom stereocenters. The number of ether oxygens (including phenoxy) is 1. The van der Waals surface area contributed by atoms with Crippen LogP contribution < -0.4 is 5.73 Å². The van der Waals surface area contributed by atoms with Crippen LogP contribution in [-0.2, 0) is 9.53 Å². The number of thiocarbonyl (C=S) groups is 1. The largest absolute Gasteiger partial charge is 0.393 e. The third-order valence-corrected chi connectivity index (χ3v) is 2.60. The molecule has 5 heteroatoms. The first-order valence-electron chi connectivity index (χ1n) is 4.73. The molecule has 0 unspecified atom stereocenters. The molecule has 0 aliphatic carbocycles. The van der Waals surface area contributed by atoms with Crippen LogP contribution in [0.25, 0.3) is 0 Å². The molecule has 0 radical (unpaired) electrons. The Kier molecular flexibility index (Phi) is 4.28. The fourth-order valence-electron chi connectivity index (χ4n) is 1.55. The van der Waals surface area contributed by atoms with Crippen molar-refractivity contribution in [2.75, 3.05) is 20.3 Å². The van der Waals surface area contributed by atoms with Gasteiger partial charge >= 0.3 is 0 Å². The molecule has 1 heterocycles. The van der Waals surface area contributed by atoms with Gasteiger partial charge in [-0.2, -0.15) is 0 Å². The number of amides is 1. The maximum absolute atomic E-state index is 11.6. The Hall–Kier alpha value is -0.680. The molecule has 1 aliphatic rings. The Bertz CT molecular complexity index is 227. The minimum absolute atomic E-state index is 0.00407. The molecular formula is C9H16N2O2S. The molecule has 0 spiro atoms. The van der Waals surface area contributed by atoms with E-state index in [1.165, 1.54) is 0 Å². The van der Waals surface area contributed by atoms with E-state index in [-0.39, 0.29) is 23.4 Å². The maximum Gasteiger partial charge on any atom is 0.229 e. The predicted octanol–water partition coefficient (Wildman–Crippen LogP) is 0.300. The van der Waals surface area contributed by atoms with Gasteiger partial charge in [0.25, 0.3) is 0 Å². The number of rotatable bonds is 3. The zero-order chi connectivity index (χ0) is 10.6. The van der Waals surface area contributed by atoms with Crippen LogP contribution >= 0.6 is 12.2 Å². The zero-order valence-corrected chi connectivity index (χ0v) is 9.18. The van der Waals surface area contributed by atoms with Crippen molar-refractivity contribution in [2.45, 2.75) is 25.3 Å². The van der Waals surface area contributed by atoms with E-state index in [1.807, 2.05) is 0 Å². The topological polar surface area (TPSA) is 55.6 Å². The van der Waals surface area contributed by atoms with E-state index in [1.54, 1.807) is 11.9 Å². The molecule has 0 saturated carbocycles. The number of hydrogen-bond donors (Lipinski definition) is 1. The average molecular weight is 216 g/mol. The van der Waals surface area contributed by atoms with E-state index < -0.39 is 0 Å². The monoisotopic (exact) mass is 216 g/mol. The minimum Gasteiger partial charge on any atom is -0.393 e. The molecule has 0 aromatic heterocycles. The Morgan fingerprint density at radius 2 is 2.14 bits per heavy atom. The van der Waals surface area contributed by atoms with Gasteiger partial charge in [-0.25, -0.2) is 0 Å². The Labute approximate surface area is 89.4 Å². The molecule has 80 valence electrons. The van der Waals surface area contributed by atoms with Crippen molar-refractivity contribution in [1.82, 2.24) is 4.90 Å². The van der Waals surface area contributed by atoms with Crippen LogP contribution in [-0.4, -0.2) is 42.1 Å². The molecule has 0 aromatic carbocycles. The van der Waals surface area contributed by atoms with Gasteiger partial charge in [-0.15, -0.1) is 0 Å². The second kappa shape index (κ2) is 5.26. The van der Waals surface area contributed by atoms with E-state index in [9.17, 15) is 4.79 Å². The summed E-state index contributed by atoms with van der Waals surface area (Å²) in [7, 11) is 1.80. The zero-order valence-electron chi connectivity index (χ0n) is 8.36. The smallest absolute Gasteiger partial charge is 0.229 e. The molecular weight excluding hydrogens is 200 g/mol. The average Bonchev–Trinajstić information content (AvgIpc) is 2.17. The Balaban J connectivity index is 2.41. The summed E-state index contributed by atoms with van der Waals surface area (Å²) in [6, 6.07) is 0.283. The SMILES string of the molecule is CN(C(=O)CC(N)=S)C1CCOCC1. The van der Waals surface area contributed by atoms with E-state index in [0.29, 0.717) is 0 Å². The van der Waals surface area contributed by atoms with Crippen molar-refractivity contribution < 1.29 is 9.53 Å². The van der Waals surface area contributed by atoms with Crippen LogP contribution in [0.2, 0.25) is 0 Å². The first-order valence-corrected chi connectivity index (χ1v) is 5.14. The Morgan fingerprint density at radius 3 is 2.64 bits per heavy atom. The molecule has 1 rings (SSSR count). The molecule has 14 heavy (non-hydrogen) atoms. The van der Waals surface area contributed by atoms with E-state index >= 15 is 0 Å². The van der Waals surface area contributed by atoms with Crippen LogP contribution in [0.15, 0.2) is 0 Å². The highest BCUT2D eigenvalue weighted by Crippen LogP contribution is 2.13. The van der Waals surface area contributed by atoms with E-state index in [4.69, 9.17) is 22.7 Å². The molecule has 2 N–H and O–H groups in total. The van der Waals surface area contributed by atoms with Crippen LogP contribution in [0.5, 0.6) is 0 Å². The van der Waals surface area contributed by atoms with Gasteiger partial charge in [0.2, 0.25) is 5.91 Å². The van der Waals surface area contributed by atoms with E-state index in [0.717, 1.165) is 26.1 Å². The first-order chi connectivity index (χ1) is 6.61. The van der Waals surface area contributed by atoms with Crippen molar-refractivity contribution in [3.63, 3.8) is 0 Å². The molecule has 1 aliphatic heterocycles. The summed E-state index contributed by atoms with van der Waals surface area (Å²) in [5.41, 5.74) is 5.32. The highest BCUT2D eigenvalue weighted by molar-refractivity contribution is 7.80. The molecule has 0 aromatic rings. The highest BCUT2D eigenvalue weighted by atomic mass is 32.1. The summed E-state index contributed by atoms with van der Waals surface area (Å²) < 4.78 is 5.22. The van der Waals surface area contributed by atoms with Crippen molar-refractivity contribution in [2.24, 2.45) is 5.73 Å². The lowest BCUT2D eigenvalue weighted by molar-refractivity contribution is -0.132. The quantitative estimate of drug-likeness (QED) is 0.689. The molecule has 1 fully saturated rings. The van der Waals surface area contributed by atoms with Crippen LogP contribution in [0.1, 0.15) is 19.3 Å². The third kappa shape index (κ3) is 3.23. The summed E-state index contributed by atoms with van der Waals surface area (Å²) in [6.45, 7) is 1.46. The van der Waals surface area contributed by atoms with E-state index in [2.05, 4.69) is 0 Å². The highest BCUT2D eigenvalue weighted by Gasteiger charge is 2.22. The lowest BCUT2D eigenvalue weighted by atomic mass is 10.1. The van der Waals surface area contributed by atoms with Gasteiger partial charge in [0, 0.05) is 26.3 Å². The molecule has 1 saturated heterocycles. The summed E-state index contributed by atoms with van der Waals surface area (Å²) >= 11 is 4.70. The lowest BCUT2D eigenvalue weighted by Crippen LogP contribution is -2.41. The van der Waals surface area contributed by atoms with Gasteiger partial charge in [-0.05, 0) is 12.8 Å². The van der Waals surface area contributed by atoms with Crippen molar-refractivity contribution in [1.29, 1.82) is 0 Å². The van der Waals surface area contributed by atoms with Crippen LogP contribution in [0, 0.1) is 0 Å². The van der Waals surface area contributed by atoms with Gasteiger partial charge in [0.1, 0.15) is 0 Å². The van der Waals surface area contributed by atoms with Crippen LogP contribution in [0.3, 0.4) is 0 Å².